The highest BCUT2D eigenvalue weighted by molar-refractivity contribution is 5.50. The molecule has 154 valence electrons. The van der Waals surface area contributed by atoms with Gasteiger partial charge in [0.25, 0.3) is 0 Å². The van der Waals surface area contributed by atoms with Gasteiger partial charge in [-0.3, -0.25) is 4.90 Å². The minimum Gasteiger partial charge on any atom is -0.370 e. The second-order valence-corrected chi connectivity index (χ2v) is 7.52. The number of piperazine rings is 1. The monoisotopic (exact) mass is 399 g/mol. The SMILES string of the molecule is C(=C\c1ccccc1)/CN1CCN(c2cc(NCCc3ccccc3)ncn2)CC1. The van der Waals surface area contributed by atoms with Gasteiger partial charge in [0, 0.05) is 45.3 Å². The minimum atomic E-state index is 0.863. The van der Waals surface area contributed by atoms with Gasteiger partial charge in [0.15, 0.2) is 0 Å². The first-order chi connectivity index (χ1) is 14.9. The second kappa shape index (κ2) is 10.6. The zero-order valence-electron chi connectivity index (χ0n) is 17.3. The third kappa shape index (κ3) is 5.91. The second-order valence-electron chi connectivity index (χ2n) is 7.52. The highest BCUT2D eigenvalue weighted by Crippen LogP contribution is 2.16. The lowest BCUT2D eigenvalue weighted by molar-refractivity contribution is 0.283. The number of nitrogens with one attached hydrogen (secondary N) is 1. The fourth-order valence-electron chi connectivity index (χ4n) is 3.66. The molecule has 30 heavy (non-hydrogen) atoms. The molecule has 0 atom stereocenters. The largest absolute Gasteiger partial charge is 0.370 e. The van der Waals surface area contributed by atoms with E-state index in [0.717, 1.165) is 57.3 Å². The molecule has 0 aliphatic carbocycles. The van der Waals surface area contributed by atoms with Crippen LogP contribution in [0.5, 0.6) is 0 Å². The summed E-state index contributed by atoms with van der Waals surface area (Å²) < 4.78 is 0. The highest BCUT2D eigenvalue weighted by atomic mass is 15.3. The summed E-state index contributed by atoms with van der Waals surface area (Å²) in [7, 11) is 0. The van der Waals surface area contributed by atoms with E-state index in [0.29, 0.717) is 0 Å². The molecule has 0 unspecified atom stereocenters. The topological polar surface area (TPSA) is 44.3 Å². The van der Waals surface area contributed by atoms with Gasteiger partial charge in [0.1, 0.15) is 18.0 Å². The van der Waals surface area contributed by atoms with E-state index in [1.165, 1.54) is 11.1 Å². The molecule has 5 nitrogen and oxygen atoms in total. The quantitative estimate of drug-likeness (QED) is 0.621. The number of aromatic nitrogens is 2. The van der Waals surface area contributed by atoms with E-state index >= 15 is 0 Å². The fraction of sp³-hybridized carbons (Fsp3) is 0.280. The van der Waals surface area contributed by atoms with Gasteiger partial charge in [0.05, 0.1) is 0 Å². The molecular formula is C25H29N5. The van der Waals surface area contributed by atoms with Crippen molar-refractivity contribution in [2.45, 2.75) is 6.42 Å². The van der Waals surface area contributed by atoms with Gasteiger partial charge in [-0.25, -0.2) is 9.97 Å². The van der Waals surface area contributed by atoms with Crippen molar-refractivity contribution < 1.29 is 0 Å². The van der Waals surface area contributed by atoms with Gasteiger partial charge < -0.3 is 10.2 Å². The average molecular weight is 400 g/mol. The van der Waals surface area contributed by atoms with Crippen LogP contribution in [-0.4, -0.2) is 54.1 Å². The smallest absolute Gasteiger partial charge is 0.134 e. The van der Waals surface area contributed by atoms with Gasteiger partial charge in [-0.05, 0) is 17.5 Å². The lowest BCUT2D eigenvalue weighted by Gasteiger charge is -2.34. The van der Waals surface area contributed by atoms with E-state index in [1.54, 1.807) is 6.33 Å². The van der Waals surface area contributed by atoms with Gasteiger partial charge >= 0.3 is 0 Å². The number of benzene rings is 2. The normalized spacial score (nSPS) is 14.9. The van der Waals surface area contributed by atoms with Crippen LogP contribution in [0.15, 0.2) is 79.1 Å². The first kappa shape index (κ1) is 20.1. The Morgan fingerprint density at radius 2 is 1.60 bits per heavy atom. The minimum absolute atomic E-state index is 0.863. The van der Waals surface area contributed by atoms with Crippen LogP contribution in [0.4, 0.5) is 11.6 Å². The van der Waals surface area contributed by atoms with Crippen LogP contribution in [0.1, 0.15) is 11.1 Å². The van der Waals surface area contributed by atoms with Crippen molar-refractivity contribution in [1.82, 2.24) is 14.9 Å². The number of hydrogen-bond acceptors (Lipinski definition) is 5. The third-order valence-corrected chi connectivity index (χ3v) is 5.39. The van der Waals surface area contributed by atoms with Crippen LogP contribution in [0.2, 0.25) is 0 Å². The molecule has 4 rings (SSSR count). The molecule has 2 heterocycles. The molecule has 1 fully saturated rings. The summed E-state index contributed by atoms with van der Waals surface area (Å²) in [5, 5.41) is 3.43. The summed E-state index contributed by atoms with van der Waals surface area (Å²) in [5.74, 6) is 1.90. The van der Waals surface area contributed by atoms with Gasteiger partial charge in [0.2, 0.25) is 0 Å². The molecule has 1 saturated heterocycles. The van der Waals surface area contributed by atoms with Crippen LogP contribution in [0.3, 0.4) is 0 Å². The van der Waals surface area contributed by atoms with E-state index < -0.39 is 0 Å². The summed E-state index contributed by atoms with van der Waals surface area (Å²) >= 11 is 0. The maximum Gasteiger partial charge on any atom is 0.134 e. The molecular weight excluding hydrogens is 370 g/mol. The van der Waals surface area contributed by atoms with Crippen LogP contribution >= 0.6 is 0 Å². The first-order valence-corrected chi connectivity index (χ1v) is 10.7. The number of nitrogens with zero attached hydrogens (tertiary/aromatic N) is 4. The molecule has 0 amide bonds. The molecule has 0 saturated carbocycles. The maximum absolute atomic E-state index is 4.50. The van der Waals surface area contributed by atoms with E-state index in [1.807, 2.05) is 12.1 Å². The highest BCUT2D eigenvalue weighted by Gasteiger charge is 2.17. The number of hydrogen-bond donors (Lipinski definition) is 1. The number of anilines is 2. The van der Waals surface area contributed by atoms with Crippen LogP contribution in [-0.2, 0) is 6.42 Å². The predicted molar refractivity (Wildman–Crippen MR) is 125 cm³/mol. The van der Waals surface area contributed by atoms with Crippen molar-refractivity contribution in [3.05, 3.63) is 90.3 Å². The number of rotatable bonds is 8. The van der Waals surface area contributed by atoms with Crippen LogP contribution in [0, 0.1) is 0 Å². The fourth-order valence-corrected chi connectivity index (χ4v) is 3.66. The third-order valence-electron chi connectivity index (χ3n) is 5.39. The Morgan fingerprint density at radius 3 is 2.37 bits per heavy atom. The zero-order chi connectivity index (χ0) is 20.4. The Bertz CT molecular complexity index is 919. The van der Waals surface area contributed by atoms with Crippen molar-refractivity contribution in [3.8, 4) is 0 Å². The van der Waals surface area contributed by atoms with Crippen molar-refractivity contribution in [2.24, 2.45) is 0 Å². The summed E-state index contributed by atoms with van der Waals surface area (Å²) in [6.07, 6.45) is 7.10. The summed E-state index contributed by atoms with van der Waals surface area (Å²) in [6.45, 7) is 5.90. The van der Waals surface area contributed by atoms with Crippen molar-refractivity contribution >= 4 is 17.7 Å². The molecule has 0 radical (unpaired) electrons. The first-order valence-electron chi connectivity index (χ1n) is 10.7. The Labute approximate surface area is 179 Å². The van der Waals surface area contributed by atoms with Crippen LogP contribution in [0.25, 0.3) is 6.08 Å². The van der Waals surface area contributed by atoms with Crippen LogP contribution < -0.4 is 10.2 Å². The Balaban J connectivity index is 1.23. The zero-order valence-corrected chi connectivity index (χ0v) is 17.3. The Morgan fingerprint density at radius 1 is 0.867 bits per heavy atom. The molecule has 1 aliphatic rings. The standard InChI is InChI=1S/C25H29N5/c1-3-8-22(9-4-1)12-7-15-29-16-18-30(19-17-29)25-20-24(27-21-28-25)26-14-13-23-10-5-2-6-11-23/h1-12,20-21H,13-19H2,(H,26,27,28)/b12-7+. The molecule has 2 aromatic carbocycles. The summed E-state index contributed by atoms with van der Waals surface area (Å²) in [4.78, 5) is 13.7. The lowest BCUT2D eigenvalue weighted by atomic mass is 10.1. The summed E-state index contributed by atoms with van der Waals surface area (Å²) in [5.41, 5.74) is 2.58. The molecule has 3 aromatic rings. The average Bonchev–Trinajstić information content (AvgIpc) is 2.81. The van der Waals surface area contributed by atoms with Crippen molar-refractivity contribution in [3.63, 3.8) is 0 Å². The molecule has 1 aromatic heterocycles. The molecule has 1 aliphatic heterocycles. The molecule has 0 spiro atoms. The van der Waals surface area contributed by atoms with E-state index in [4.69, 9.17) is 0 Å². The van der Waals surface area contributed by atoms with Crippen molar-refractivity contribution in [1.29, 1.82) is 0 Å². The molecule has 0 bridgehead atoms. The molecule has 1 N–H and O–H groups in total. The van der Waals surface area contributed by atoms with Gasteiger partial charge in [-0.2, -0.15) is 0 Å². The van der Waals surface area contributed by atoms with E-state index in [-0.39, 0.29) is 0 Å². The van der Waals surface area contributed by atoms with Gasteiger partial charge in [-0.15, -0.1) is 0 Å². The van der Waals surface area contributed by atoms with E-state index in [2.05, 4.69) is 91.8 Å². The van der Waals surface area contributed by atoms with Gasteiger partial charge in [-0.1, -0.05) is 72.8 Å². The maximum atomic E-state index is 4.50. The Hall–Kier alpha value is -3.18. The lowest BCUT2D eigenvalue weighted by Crippen LogP contribution is -2.46. The molecule has 5 heteroatoms. The predicted octanol–water partition coefficient (Wildman–Crippen LogP) is 3.97. The van der Waals surface area contributed by atoms with Crippen molar-refractivity contribution in [2.75, 3.05) is 49.5 Å². The Kier molecular flexibility index (Phi) is 7.07. The summed E-state index contributed by atoms with van der Waals surface area (Å²) in [6, 6.07) is 23.0. The van der Waals surface area contributed by atoms with E-state index in [9.17, 15) is 0 Å².